The number of aryl methyl sites for hydroxylation is 1. The van der Waals surface area contributed by atoms with Crippen molar-refractivity contribution in [1.29, 1.82) is 0 Å². The molecule has 0 fully saturated rings. The first kappa shape index (κ1) is 20.7. The zero-order valence-electron chi connectivity index (χ0n) is 18.4. The molecule has 4 heteroatoms. The van der Waals surface area contributed by atoms with E-state index in [1.54, 1.807) is 0 Å². The molecular weight excluding hydrogens is 382 g/mol. The summed E-state index contributed by atoms with van der Waals surface area (Å²) in [6.45, 7) is 2.60. The van der Waals surface area contributed by atoms with Crippen molar-refractivity contribution in [2.24, 2.45) is 0 Å². The Bertz CT molecular complexity index is 1160. The highest BCUT2D eigenvalue weighted by molar-refractivity contribution is 5.84. The molecule has 0 spiro atoms. The van der Waals surface area contributed by atoms with Gasteiger partial charge in [-0.05, 0) is 41.8 Å². The van der Waals surface area contributed by atoms with Crippen molar-refractivity contribution in [2.75, 3.05) is 25.5 Å². The van der Waals surface area contributed by atoms with Gasteiger partial charge in [-0.25, -0.2) is 0 Å². The van der Waals surface area contributed by atoms with Gasteiger partial charge >= 0.3 is 0 Å². The van der Waals surface area contributed by atoms with E-state index in [0.29, 0.717) is 13.0 Å². The number of hydrogen-bond donors (Lipinski definition) is 2. The summed E-state index contributed by atoms with van der Waals surface area (Å²) in [4.78, 5) is 18.2. The van der Waals surface area contributed by atoms with E-state index in [0.717, 1.165) is 16.8 Å². The van der Waals surface area contributed by atoms with Crippen LogP contribution in [0.3, 0.4) is 0 Å². The van der Waals surface area contributed by atoms with Crippen molar-refractivity contribution in [2.45, 2.75) is 19.3 Å². The van der Waals surface area contributed by atoms with Crippen LogP contribution in [0.2, 0.25) is 0 Å². The van der Waals surface area contributed by atoms with Gasteiger partial charge in [0.1, 0.15) is 0 Å². The number of nitrogens with one attached hydrogen (secondary N) is 2. The van der Waals surface area contributed by atoms with Crippen molar-refractivity contribution in [3.63, 3.8) is 0 Å². The molecule has 0 aliphatic rings. The topological polar surface area (TPSA) is 48.1 Å². The van der Waals surface area contributed by atoms with Crippen molar-refractivity contribution < 1.29 is 4.79 Å². The largest absolute Gasteiger partial charge is 0.378 e. The summed E-state index contributed by atoms with van der Waals surface area (Å²) in [6, 6.07) is 25.0. The van der Waals surface area contributed by atoms with E-state index in [9.17, 15) is 4.79 Å². The number of rotatable bonds is 7. The minimum Gasteiger partial charge on any atom is -0.378 e. The number of anilines is 1. The molecule has 1 atom stereocenters. The van der Waals surface area contributed by atoms with Crippen LogP contribution in [-0.2, 0) is 11.2 Å². The van der Waals surface area contributed by atoms with Gasteiger partial charge in [0, 0.05) is 49.3 Å². The quantitative estimate of drug-likeness (QED) is 0.448. The Balaban J connectivity index is 1.58. The van der Waals surface area contributed by atoms with Gasteiger partial charge in [0.25, 0.3) is 0 Å². The smallest absolute Gasteiger partial charge is 0.224 e. The fraction of sp³-hybridized carbons (Fsp3) is 0.222. The molecule has 31 heavy (non-hydrogen) atoms. The summed E-state index contributed by atoms with van der Waals surface area (Å²) >= 11 is 0. The van der Waals surface area contributed by atoms with Crippen LogP contribution in [0.5, 0.6) is 0 Å². The zero-order chi connectivity index (χ0) is 21.8. The molecule has 0 radical (unpaired) electrons. The van der Waals surface area contributed by atoms with Crippen LogP contribution in [0.4, 0.5) is 5.69 Å². The molecule has 4 nitrogen and oxygen atoms in total. The third kappa shape index (κ3) is 4.80. The maximum atomic E-state index is 12.7. The molecule has 1 aromatic heterocycles. The van der Waals surface area contributed by atoms with Gasteiger partial charge in [0.15, 0.2) is 0 Å². The Morgan fingerprint density at radius 2 is 1.68 bits per heavy atom. The number of aromatic nitrogens is 1. The number of para-hydroxylation sites is 1. The van der Waals surface area contributed by atoms with Crippen LogP contribution < -0.4 is 10.2 Å². The molecule has 1 heterocycles. The standard InChI is InChI=1S/C27H29N3O/c1-19-8-10-20(11-9-19)16-27(31)29-17-24(21-12-14-22(15-13-21)30(2)3)25-18-28-26-7-5-4-6-23(25)26/h4-15,18,24,28H,16-17H2,1-3H3,(H,29,31). The van der Waals surface area contributed by atoms with Crippen molar-refractivity contribution >= 4 is 22.5 Å². The summed E-state index contributed by atoms with van der Waals surface area (Å²) in [7, 11) is 4.08. The minimum absolute atomic E-state index is 0.0404. The molecule has 158 valence electrons. The van der Waals surface area contributed by atoms with Gasteiger partial charge in [-0.3, -0.25) is 4.79 Å². The first-order valence-corrected chi connectivity index (χ1v) is 10.7. The van der Waals surface area contributed by atoms with E-state index >= 15 is 0 Å². The molecule has 4 aromatic rings. The molecule has 1 amide bonds. The van der Waals surface area contributed by atoms with Crippen LogP contribution in [0, 0.1) is 6.92 Å². The number of aromatic amines is 1. The molecule has 0 aliphatic carbocycles. The highest BCUT2D eigenvalue weighted by Gasteiger charge is 2.19. The Morgan fingerprint density at radius 3 is 2.39 bits per heavy atom. The predicted molar refractivity (Wildman–Crippen MR) is 129 cm³/mol. The molecule has 0 aliphatic heterocycles. The monoisotopic (exact) mass is 411 g/mol. The van der Waals surface area contributed by atoms with Crippen molar-refractivity contribution in [3.05, 3.63) is 101 Å². The fourth-order valence-electron chi connectivity index (χ4n) is 3.96. The number of hydrogen-bond acceptors (Lipinski definition) is 2. The number of amides is 1. The van der Waals surface area contributed by atoms with Crippen LogP contribution in [0.15, 0.2) is 79.0 Å². The van der Waals surface area contributed by atoms with Gasteiger partial charge in [0.05, 0.1) is 6.42 Å². The third-order valence-corrected chi connectivity index (χ3v) is 5.80. The van der Waals surface area contributed by atoms with Crippen LogP contribution in [-0.4, -0.2) is 31.5 Å². The minimum atomic E-state index is 0.0404. The van der Waals surface area contributed by atoms with Crippen LogP contribution in [0.1, 0.15) is 28.2 Å². The molecule has 2 N–H and O–H groups in total. The second kappa shape index (κ2) is 9.09. The highest BCUT2D eigenvalue weighted by atomic mass is 16.1. The molecule has 0 saturated heterocycles. The summed E-state index contributed by atoms with van der Waals surface area (Å²) < 4.78 is 0. The van der Waals surface area contributed by atoms with E-state index in [2.05, 4.69) is 70.8 Å². The zero-order valence-corrected chi connectivity index (χ0v) is 18.4. The Labute approximate surface area is 183 Å². The lowest BCUT2D eigenvalue weighted by molar-refractivity contribution is -0.120. The van der Waals surface area contributed by atoms with Gasteiger partial charge in [-0.15, -0.1) is 0 Å². The van der Waals surface area contributed by atoms with Gasteiger partial charge < -0.3 is 15.2 Å². The molecule has 4 rings (SSSR count). The van der Waals surface area contributed by atoms with E-state index in [1.807, 2.05) is 44.4 Å². The molecule has 1 unspecified atom stereocenters. The maximum absolute atomic E-state index is 12.7. The lowest BCUT2D eigenvalue weighted by atomic mass is 9.90. The average Bonchev–Trinajstić information content (AvgIpc) is 3.20. The summed E-state index contributed by atoms with van der Waals surface area (Å²) in [5.74, 6) is 0.105. The second-order valence-corrected chi connectivity index (χ2v) is 8.29. The first-order valence-electron chi connectivity index (χ1n) is 10.7. The van der Waals surface area contributed by atoms with E-state index in [1.165, 1.54) is 22.1 Å². The van der Waals surface area contributed by atoms with E-state index < -0.39 is 0 Å². The molecule has 0 saturated carbocycles. The fourth-order valence-corrected chi connectivity index (χ4v) is 3.96. The number of H-pyrrole nitrogens is 1. The normalized spacial score (nSPS) is 12.0. The third-order valence-electron chi connectivity index (χ3n) is 5.80. The first-order chi connectivity index (χ1) is 15.0. The average molecular weight is 412 g/mol. The number of carbonyl (C=O) groups is 1. The van der Waals surface area contributed by atoms with Gasteiger partial charge in [0.2, 0.25) is 5.91 Å². The van der Waals surface area contributed by atoms with Crippen molar-refractivity contribution in [1.82, 2.24) is 10.3 Å². The second-order valence-electron chi connectivity index (χ2n) is 8.29. The summed E-state index contributed by atoms with van der Waals surface area (Å²) in [5.41, 5.74) is 6.88. The number of benzene rings is 3. The lowest BCUT2D eigenvalue weighted by Crippen LogP contribution is -2.30. The Kier molecular flexibility index (Phi) is 6.08. The number of carbonyl (C=O) groups excluding carboxylic acids is 1. The summed E-state index contributed by atoms with van der Waals surface area (Å²) in [5, 5.41) is 4.36. The number of fused-ring (bicyclic) bond motifs is 1. The summed E-state index contributed by atoms with van der Waals surface area (Å²) in [6.07, 6.45) is 2.46. The number of nitrogens with zero attached hydrogens (tertiary/aromatic N) is 1. The van der Waals surface area contributed by atoms with E-state index in [4.69, 9.17) is 0 Å². The molecule has 0 bridgehead atoms. The predicted octanol–water partition coefficient (Wildman–Crippen LogP) is 5.03. The highest BCUT2D eigenvalue weighted by Crippen LogP contribution is 2.31. The van der Waals surface area contributed by atoms with E-state index in [-0.39, 0.29) is 11.8 Å². The van der Waals surface area contributed by atoms with Gasteiger partial charge in [-0.1, -0.05) is 60.2 Å². The molecule has 3 aromatic carbocycles. The maximum Gasteiger partial charge on any atom is 0.224 e. The van der Waals surface area contributed by atoms with Gasteiger partial charge in [-0.2, -0.15) is 0 Å². The Hall–Kier alpha value is -3.53. The Morgan fingerprint density at radius 1 is 0.968 bits per heavy atom. The van der Waals surface area contributed by atoms with Crippen LogP contribution >= 0.6 is 0 Å². The molecular formula is C27H29N3O. The van der Waals surface area contributed by atoms with Crippen LogP contribution in [0.25, 0.3) is 10.9 Å². The lowest BCUT2D eigenvalue weighted by Gasteiger charge is -2.20. The van der Waals surface area contributed by atoms with Crippen molar-refractivity contribution in [3.8, 4) is 0 Å². The SMILES string of the molecule is Cc1ccc(CC(=O)NCC(c2ccc(N(C)C)cc2)c2c[nH]c3ccccc23)cc1.